The van der Waals surface area contributed by atoms with E-state index in [0.29, 0.717) is 48.2 Å². The molecule has 3 aromatic rings. The molecule has 0 saturated carbocycles. The van der Waals surface area contributed by atoms with Crippen molar-refractivity contribution in [3.8, 4) is 17.2 Å². The molecule has 1 amide bonds. The van der Waals surface area contributed by atoms with Crippen molar-refractivity contribution in [3.05, 3.63) is 95.1 Å². The molecule has 0 aromatic heterocycles. The second-order valence-electron chi connectivity index (χ2n) is 8.44. The summed E-state index contributed by atoms with van der Waals surface area (Å²) in [5.74, 6) is 0.0713. The van der Waals surface area contributed by atoms with Crippen molar-refractivity contribution in [1.29, 1.82) is 0 Å². The van der Waals surface area contributed by atoms with Crippen molar-refractivity contribution >= 4 is 17.4 Å². The van der Waals surface area contributed by atoms with Crippen molar-refractivity contribution in [2.24, 2.45) is 0 Å². The van der Waals surface area contributed by atoms with Gasteiger partial charge in [-0.25, -0.2) is 0 Å². The summed E-state index contributed by atoms with van der Waals surface area (Å²) >= 11 is 0. The quantitative estimate of drug-likeness (QED) is 0.224. The number of carbonyl (C=O) groups is 2. The fraction of sp³-hybridized carbons (Fsp3) is 0.267. The number of carbonyl (C=O) groups excluding carboxylic acids is 2. The van der Waals surface area contributed by atoms with E-state index in [0.717, 1.165) is 5.56 Å². The molecule has 4 rings (SSSR count). The maximum atomic E-state index is 13.4. The Morgan fingerprint density at radius 1 is 0.811 bits per heavy atom. The molecule has 7 nitrogen and oxygen atoms in total. The predicted molar refractivity (Wildman–Crippen MR) is 141 cm³/mol. The average Bonchev–Trinajstić information content (AvgIpc) is 3.16. The normalized spacial score (nSPS) is 16.6. The molecule has 1 heterocycles. The lowest BCUT2D eigenvalue weighted by molar-refractivity contribution is -0.140. The molecule has 1 atom stereocenters. The lowest BCUT2D eigenvalue weighted by atomic mass is 9.94. The summed E-state index contributed by atoms with van der Waals surface area (Å²) in [6.07, 6.45) is 0. The Morgan fingerprint density at radius 2 is 1.46 bits per heavy atom. The van der Waals surface area contributed by atoms with E-state index in [1.807, 2.05) is 51.1 Å². The van der Waals surface area contributed by atoms with Gasteiger partial charge in [0.2, 0.25) is 0 Å². The number of ether oxygens (including phenoxy) is 3. The smallest absolute Gasteiger partial charge is 0.295 e. The molecule has 1 unspecified atom stereocenters. The van der Waals surface area contributed by atoms with Gasteiger partial charge in [0.25, 0.3) is 11.7 Å². The minimum Gasteiger partial charge on any atom is -0.507 e. The van der Waals surface area contributed by atoms with Gasteiger partial charge in [-0.2, -0.15) is 0 Å². The SMILES string of the molecule is CCOc1ccc(/C(O)=C2\C(=O)C(=O)N(Cc3ccccc3)C2c2ccc(OCC)c(OCC)c2)cc1. The Labute approximate surface area is 216 Å². The number of Topliss-reactive ketones (excluding diaryl/α,β-unsaturated/α-hetero) is 1. The molecular weight excluding hydrogens is 470 g/mol. The van der Waals surface area contributed by atoms with Gasteiger partial charge >= 0.3 is 0 Å². The maximum absolute atomic E-state index is 13.4. The molecule has 7 heteroatoms. The van der Waals surface area contributed by atoms with Crippen LogP contribution < -0.4 is 14.2 Å². The van der Waals surface area contributed by atoms with Gasteiger partial charge in [-0.15, -0.1) is 0 Å². The fourth-order valence-electron chi connectivity index (χ4n) is 4.44. The zero-order chi connectivity index (χ0) is 26.4. The number of hydrogen-bond acceptors (Lipinski definition) is 6. The first-order valence-electron chi connectivity index (χ1n) is 12.4. The number of amides is 1. The third kappa shape index (κ3) is 5.45. The van der Waals surface area contributed by atoms with Gasteiger partial charge in [0.1, 0.15) is 11.5 Å². The van der Waals surface area contributed by atoms with E-state index in [-0.39, 0.29) is 17.9 Å². The number of nitrogens with zero attached hydrogens (tertiary/aromatic N) is 1. The van der Waals surface area contributed by atoms with Crippen molar-refractivity contribution in [1.82, 2.24) is 4.90 Å². The van der Waals surface area contributed by atoms with Crippen molar-refractivity contribution < 1.29 is 28.9 Å². The second kappa shape index (κ2) is 11.6. The summed E-state index contributed by atoms with van der Waals surface area (Å²) in [6.45, 7) is 7.23. The fourth-order valence-corrected chi connectivity index (χ4v) is 4.44. The molecule has 37 heavy (non-hydrogen) atoms. The Bertz CT molecular complexity index is 1280. The lowest BCUT2D eigenvalue weighted by Crippen LogP contribution is -2.29. The Balaban J connectivity index is 1.85. The maximum Gasteiger partial charge on any atom is 0.295 e. The van der Waals surface area contributed by atoms with Gasteiger partial charge in [0, 0.05) is 12.1 Å². The van der Waals surface area contributed by atoms with Crippen molar-refractivity contribution in [2.45, 2.75) is 33.4 Å². The number of rotatable bonds is 10. The van der Waals surface area contributed by atoms with E-state index in [4.69, 9.17) is 14.2 Å². The second-order valence-corrected chi connectivity index (χ2v) is 8.44. The van der Waals surface area contributed by atoms with Crippen LogP contribution in [0.25, 0.3) is 5.76 Å². The molecule has 0 bridgehead atoms. The first kappa shape index (κ1) is 25.8. The zero-order valence-corrected chi connectivity index (χ0v) is 21.3. The van der Waals surface area contributed by atoms with Crippen molar-refractivity contribution in [3.63, 3.8) is 0 Å². The minimum absolute atomic E-state index is 0.0247. The van der Waals surface area contributed by atoms with E-state index in [2.05, 4.69) is 0 Å². The standard InChI is InChI=1S/C30H31NO6/c1-4-35-23-15-12-21(13-16-23)28(32)26-27(22-14-17-24(36-5-2)25(18-22)37-6-3)31(30(34)29(26)33)19-20-10-8-7-9-11-20/h7-18,27,32H,4-6,19H2,1-3H3/b28-26+. The Morgan fingerprint density at radius 3 is 2.11 bits per heavy atom. The van der Waals surface area contributed by atoms with E-state index < -0.39 is 17.7 Å². The molecule has 1 saturated heterocycles. The van der Waals surface area contributed by atoms with Crippen LogP contribution in [0.4, 0.5) is 0 Å². The van der Waals surface area contributed by atoms with Gasteiger partial charge in [-0.05, 0) is 68.3 Å². The Kier molecular flexibility index (Phi) is 8.13. The van der Waals surface area contributed by atoms with Gasteiger partial charge in [-0.3, -0.25) is 9.59 Å². The summed E-state index contributed by atoms with van der Waals surface area (Å²) in [5.41, 5.74) is 1.94. The van der Waals surface area contributed by atoms with Crippen LogP contribution in [0.15, 0.2) is 78.4 Å². The summed E-state index contributed by atoms with van der Waals surface area (Å²) in [6, 6.07) is 20.7. The third-order valence-electron chi connectivity index (χ3n) is 6.06. The van der Waals surface area contributed by atoms with Crippen LogP contribution in [0.5, 0.6) is 17.2 Å². The zero-order valence-electron chi connectivity index (χ0n) is 21.3. The highest BCUT2D eigenvalue weighted by Gasteiger charge is 2.46. The highest BCUT2D eigenvalue weighted by molar-refractivity contribution is 6.46. The molecule has 0 spiro atoms. The highest BCUT2D eigenvalue weighted by atomic mass is 16.5. The predicted octanol–water partition coefficient (Wildman–Crippen LogP) is 5.50. The third-order valence-corrected chi connectivity index (χ3v) is 6.06. The van der Waals surface area contributed by atoms with Crippen LogP contribution in [0.2, 0.25) is 0 Å². The number of aliphatic hydroxyl groups is 1. The first-order chi connectivity index (χ1) is 18.0. The van der Waals surface area contributed by atoms with E-state index >= 15 is 0 Å². The lowest BCUT2D eigenvalue weighted by Gasteiger charge is -2.26. The topological polar surface area (TPSA) is 85.3 Å². The number of benzene rings is 3. The molecule has 3 aromatic carbocycles. The molecule has 1 aliphatic heterocycles. The van der Waals surface area contributed by atoms with Crippen LogP contribution >= 0.6 is 0 Å². The monoisotopic (exact) mass is 501 g/mol. The highest BCUT2D eigenvalue weighted by Crippen LogP contribution is 2.43. The van der Waals surface area contributed by atoms with Gasteiger partial charge in [0.15, 0.2) is 11.5 Å². The van der Waals surface area contributed by atoms with Gasteiger partial charge in [0.05, 0.1) is 31.4 Å². The summed E-state index contributed by atoms with van der Waals surface area (Å²) in [5, 5.41) is 11.3. The van der Waals surface area contributed by atoms with Crippen LogP contribution in [0.1, 0.15) is 43.5 Å². The van der Waals surface area contributed by atoms with Gasteiger partial charge in [-0.1, -0.05) is 36.4 Å². The van der Waals surface area contributed by atoms with Crippen LogP contribution in [0, 0.1) is 0 Å². The van der Waals surface area contributed by atoms with Crippen LogP contribution in [-0.2, 0) is 16.1 Å². The average molecular weight is 502 g/mol. The number of likely N-dealkylation sites (tertiary alicyclic amines) is 1. The molecule has 0 radical (unpaired) electrons. The van der Waals surface area contributed by atoms with E-state index in [1.54, 1.807) is 42.5 Å². The summed E-state index contributed by atoms with van der Waals surface area (Å²) in [4.78, 5) is 28.2. The number of hydrogen-bond donors (Lipinski definition) is 1. The van der Waals surface area contributed by atoms with Gasteiger partial charge < -0.3 is 24.2 Å². The minimum atomic E-state index is -0.818. The van der Waals surface area contributed by atoms with Crippen LogP contribution in [-0.4, -0.2) is 41.5 Å². The molecule has 192 valence electrons. The van der Waals surface area contributed by atoms with Crippen LogP contribution in [0.3, 0.4) is 0 Å². The largest absolute Gasteiger partial charge is 0.507 e. The molecule has 1 fully saturated rings. The molecule has 0 aliphatic carbocycles. The number of ketones is 1. The van der Waals surface area contributed by atoms with Crippen molar-refractivity contribution in [2.75, 3.05) is 19.8 Å². The number of aliphatic hydroxyl groups excluding tert-OH is 1. The Hall–Kier alpha value is -4.26. The molecule has 1 aliphatic rings. The summed E-state index contributed by atoms with van der Waals surface area (Å²) in [7, 11) is 0. The molecular formula is C30H31NO6. The molecule has 1 N–H and O–H groups in total. The summed E-state index contributed by atoms with van der Waals surface area (Å²) < 4.78 is 17.0. The van der Waals surface area contributed by atoms with E-state index in [9.17, 15) is 14.7 Å². The first-order valence-corrected chi connectivity index (χ1v) is 12.4. The van der Waals surface area contributed by atoms with E-state index in [1.165, 1.54) is 4.90 Å².